The first-order valence-electron chi connectivity index (χ1n) is 5.67. The summed E-state index contributed by atoms with van der Waals surface area (Å²) in [4.78, 5) is 30.8. The average molecular weight is 288 g/mol. The molecule has 1 aromatic rings. The summed E-state index contributed by atoms with van der Waals surface area (Å²) >= 11 is 5.70. The minimum Gasteiger partial charge on any atom is -0.355 e. The van der Waals surface area contributed by atoms with Crippen molar-refractivity contribution in [3.05, 3.63) is 21.6 Å². The highest BCUT2D eigenvalue weighted by Crippen LogP contribution is 2.30. The van der Waals surface area contributed by atoms with Crippen molar-refractivity contribution in [1.82, 2.24) is 15.3 Å². The Bertz CT molecular complexity index is 482. The van der Waals surface area contributed by atoms with Gasteiger partial charge in [-0.1, -0.05) is 11.6 Å². The second-order valence-corrected chi connectivity index (χ2v) is 3.92. The van der Waals surface area contributed by atoms with Crippen molar-refractivity contribution in [1.29, 1.82) is 0 Å². The first kappa shape index (κ1) is 15.1. The van der Waals surface area contributed by atoms with Gasteiger partial charge < -0.3 is 10.2 Å². The second kappa shape index (κ2) is 6.83. The maximum Gasteiger partial charge on any atom is 0.348 e. The van der Waals surface area contributed by atoms with Gasteiger partial charge in [0.2, 0.25) is 16.9 Å². The van der Waals surface area contributed by atoms with E-state index in [-0.39, 0.29) is 23.4 Å². The Labute approximate surface area is 114 Å². The van der Waals surface area contributed by atoms with E-state index in [9.17, 15) is 14.9 Å². The normalized spacial score (nSPS) is 10.1. The first-order valence-corrected chi connectivity index (χ1v) is 6.05. The number of aromatic nitrogens is 2. The lowest BCUT2D eigenvalue weighted by atomic mass is 10.4. The Morgan fingerprint density at radius 2 is 2.21 bits per heavy atom. The van der Waals surface area contributed by atoms with Gasteiger partial charge in [-0.2, -0.15) is 0 Å². The third-order valence-electron chi connectivity index (χ3n) is 2.33. The fourth-order valence-electron chi connectivity index (χ4n) is 1.50. The van der Waals surface area contributed by atoms with Gasteiger partial charge in [0.05, 0.1) is 11.5 Å². The highest BCUT2D eigenvalue weighted by atomic mass is 35.5. The van der Waals surface area contributed by atoms with Gasteiger partial charge in [0, 0.05) is 13.1 Å². The average Bonchev–Trinajstić information content (AvgIpc) is 2.35. The van der Waals surface area contributed by atoms with Crippen molar-refractivity contribution < 1.29 is 9.72 Å². The maximum absolute atomic E-state index is 11.6. The number of nitro groups is 1. The number of nitrogens with zero attached hydrogens (tertiary/aromatic N) is 4. The van der Waals surface area contributed by atoms with Gasteiger partial charge >= 0.3 is 5.69 Å². The number of hydrogen-bond donors (Lipinski definition) is 1. The lowest BCUT2D eigenvalue weighted by molar-refractivity contribution is -0.384. The van der Waals surface area contributed by atoms with E-state index in [4.69, 9.17) is 11.6 Å². The molecule has 1 amide bonds. The maximum atomic E-state index is 11.6. The topological polar surface area (TPSA) is 101 Å². The summed E-state index contributed by atoms with van der Waals surface area (Å²) in [5, 5.41) is 13.4. The van der Waals surface area contributed by atoms with E-state index in [2.05, 4.69) is 15.3 Å². The zero-order valence-electron chi connectivity index (χ0n) is 10.6. The Morgan fingerprint density at radius 1 is 1.53 bits per heavy atom. The van der Waals surface area contributed by atoms with E-state index in [0.29, 0.717) is 13.1 Å². The molecule has 0 saturated carbocycles. The van der Waals surface area contributed by atoms with Crippen molar-refractivity contribution in [3.8, 4) is 0 Å². The van der Waals surface area contributed by atoms with Crippen LogP contribution in [-0.2, 0) is 4.79 Å². The lowest BCUT2D eigenvalue weighted by Gasteiger charge is -2.20. The number of rotatable bonds is 6. The van der Waals surface area contributed by atoms with E-state index < -0.39 is 10.6 Å². The molecule has 0 aliphatic rings. The van der Waals surface area contributed by atoms with Crippen LogP contribution in [0.3, 0.4) is 0 Å². The molecule has 104 valence electrons. The van der Waals surface area contributed by atoms with Gasteiger partial charge in [0.15, 0.2) is 0 Å². The standard InChI is InChI=1S/C10H14ClN5O3/c1-3-12-7(17)5-15(4-2)10-8(16(18)19)9(11)13-6-14-10/h6H,3-5H2,1-2H3,(H,12,17). The van der Waals surface area contributed by atoms with E-state index in [0.717, 1.165) is 6.33 Å². The van der Waals surface area contributed by atoms with E-state index in [1.807, 2.05) is 0 Å². The number of carbonyl (C=O) groups excluding carboxylic acids is 1. The molecule has 9 heteroatoms. The van der Waals surface area contributed by atoms with Crippen LogP contribution in [0.2, 0.25) is 5.15 Å². The van der Waals surface area contributed by atoms with E-state index >= 15 is 0 Å². The zero-order chi connectivity index (χ0) is 14.4. The highest BCUT2D eigenvalue weighted by molar-refractivity contribution is 6.31. The number of halogens is 1. The summed E-state index contributed by atoms with van der Waals surface area (Å²) in [6, 6.07) is 0. The van der Waals surface area contributed by atoms with Gasteiger partial charge in [0.1, 0.15) is 6.33 Å². The van der Waals surface area contributed by atoms with Crippen LogP contribution in [0.4, 0.5) is 11.5 Å². The summed E-state index contributed by atoms with van der Waals surface area (Å²) in [5.41, 5.74) is -0.393. The number of amides is 1. The highest BCUT2D eigenvalue weighted by Gasteiger charge is 2.26. The van der Waals surface area contributed by atoms with Crippen LogP contribution in [0.25, 0.3) is 0 Å². The van der Waals surface area contributed by atoms with Gasteiger partial charge in [-0.15, -0.1) is 0 Å². The van der Waals surface area contributed by atoms with Gasteiger partial charge in [-0.3, -0.25) is 14.9 Å². The van der Waals surface area contributed by atoms with Crippen LogP contribution in [-0.4, -0.2) is 40.4 Å². The lowest BCUT2D eigenvalue weighted by Crippen LogP contribution is -2.37. The minimum absolute atomic E-state index is 0.0292. The van der Waals surface area contributed by atoms with Crippen molar-refractivity contribution in [2.75, 3.05) is 24.5 Å². The van der Waals surface area contributed by atoms with Gasteiger partial charge in [-0.05, 0) is 13.8 Å². The summed E-state index contributed by atoms with van der Waals surface area (Å²) in [6.07, 6.45) is 1.13. The molecule has 19 heavy (non-hydrogen) atoms. The first-order chi connectivity index (χ1) is 9.01. The fraction of sp³-hybridized carbons (Fsp3) is 0.500. The molecule has 0 aliphatic carbocycles. The molecule has 1 rings (SSSR count). The van der Waals surface area contributed by atoms with Crippen LogP contribution in [0.15, 0.2) is 6.33 Å². The molecule has 0 spiro atoms. The van der Waals surface area contributed by atoms with Crippen LogP contribution < -0.4 is 10.2 Å². The van der Waals surface area contributed by atoms with Crippen molar-refractivity contribution in [2.45, 2.75) is 13.8 Å². The van der Waals surface area contributed by atoms with Crippen LogP contribution in [0.5, 0.6) is 0 Å². The molecular weight excluding hydrogens is 274 g/mol. The summed E-state index contributed by atoms with van der Waals surface area (Å²) < 4.78 is 0. The quantitative estimate of drug-likeness (QED) is 0.476. The molecule has 0 unspecified atom stereocenters. The fourth-order valence-corrected chi connectivity index (χ4v) is 1.70. The predicted octanol–water partition coefficient (Wildman–Crippen LogP) is 1.00. The SMILES string of the molecule is CCNC(=O)CN(CC)c1ncnc(Cl)c1[N+](=O)[O-]. The molecule has 8 nitrogen and oxygen atoms in total. The number of nitrogens with one attached hydrogen (secondary N) is 1. The minimum atomic E-state index is -0.655. The zero-order valence-corrected chi connectivity index (χ0v) is 11.3. The van der Waals surface area contributed by atoms with E-state index in [1.165, 1.54) is 4.90 Å². The van der Waals surface area contributed by atoms with Crippen molar-refractivity contribution in [2.24, 2.45) is 0 Å². The smallest absolute Gasteiger partial charge is 0.348 e. The van der Waals surface area contributed by atoms with Crippen LogP contribution in [0.1, 0.15) is 13.8 Å². The molecule has 0 aliphatic heterocycles. The predicted molar refractivity (Wildman–Crippen MR) is 70.3 cm³/mol. The Kier molecular flexibility index (Phi) is 5.43. The van der Waals surface area contributed by atoms with Crippen LogP contribution >= 0.6 is 11.6 Å². The van der Waals surface area contributed by atoms with Gasteiger partial charge in [-0.25, -0.2) is 9.97 Å². The molecule has 0 radical (unpaired) electrons. The number of anilines is 1. The third kappa shape index (κ3) is 3.75. The largest absolute Gasteiger partial charge is 0.355 e. The number of carbonyl (C=O) groups is 1. The molecular formula is C10H14ClN5O3. The Morgan fingerprint density at radius 3 is 2.74 bits per heavy atom. The molecule has 1 aromatic heterocycles. The summed E-state index contributed by atoms with van der Waals surface area (Å²) in [6.45, 7) is 4.39. The molecule has 0 aromatic carbocycles. The Hall–Kier alpha value is -1.96. The van der Waals surface area contributed by atoms with Crippen LogP contribution in [0, 0.1) is 10.1 Å². The van der Waals surface area contributed by atoms with Crippen molar-refractivity contribution >= 4 is 29.0 Å². The molecule has 0 bridgehead atoms. The van der Waals surface area contributed by atoms with Crippen molar-refractivity contribution in [3.63, 3.8) is 0 Å². The molecule has 1 N–H and O–H groups in total. The van der Waals surface area contributed by atoms with Gasteiger partial charge in [0.25, 0.3) is 0 Å². The summed E-state index contributed by atoms with van der Waals surface area (Å²) in [5.74, 6) is -0.202. The molecule has 1 heterocycles. The number of likely N-dealkylation sites (N-methyl/N-ethyl adjacent to an activating group) is 2. The second-order valence-electron chi connectivity index (χ2n) is 3.56. The molecule has 0 atom stereocenters. The third-order valence-corrected chi connectivity index (χ3v) is 2.61. The Balaban J connectivity index is 3.08. The molecule has 0 saturated heterocycles. The van der Waals surface area contributed by atoms with E-state index in [1.54, 1.807) is 13.8 Å². The number of hydrogen-bond acceptors (Lipinski definition) is 6. The monoisotopic (exact) mass is 287 g/mol. The summed E-state index contributed by atoms with van der Waals surface area (Å²) in [7, 11) is 0. The molecule has 0 fully saturated rings.